The number of carbonyl (C=O) groups excluding carboxylic acids is 1. The summed E-state index contributed by atoms with van der Waals surface area (Å²) < 4.78 is 11.9. The number of ether oxygens (including phenoxy) is 2. The summed E-state index contributed by atoms with van der Waals surface area (Å²) in [4.78, 5) is 15.0. The van der Waals surface area contributed by atoms with Crippen LogP contribution in [0.1, 0.15) is 63.6 Å². The average molecular weight is 490 g/mol. The van der Waals surface area contributed by atoms with E-state index in [2.05, 4.69) is 31.2 Å². The average Bonchev–Trinajstić information content (AvgIpc) is 3.40. The molecule has 2 atom stereocenters. The van der Waals surface area contributed by atoms with Gasteiger partial charge in [-0.15, -0.1) is 0 Å². The van der Waals surface area contributed by atoms with Crippen molar-refractivity contribution < 1.29 is 14.3 Å². The molecular formula is C30H32ClNO3. The lowest BCUT2D eigenvalue weighted by molar-refractivity contribution is 0.0243. The normalized spacial score (nSPS) is 22.7. The number of halogens is 1. The van der Waals surface area contributed by atoms with E-state index in [0.717, 1.165) is 54.1 Å². The molecule has 2 aromatic carbocycles. The van der Waals surface area contributed by atoms with Gasteiger partial charge in [-0.3, -0.25) is 0 Å². The second-order valence-electron chi connectivity index (χ2n) is 11.5. The Morgan fingerprint density at radius 3 is 2.71 bits per heavy atom. The third-order valence-electron chi connectivity index (χ3n) is 7.63. The van der Waals surface area contributed by atoms with Crippen molar-refractivity contribution in [1.29, 1.82) is 0 Å². The van der Waals surface area contributed by atoms with E-state index in [9.17, 15) is 4.79 Å². The molecule has 4 nitrogen and oxygen atoms in total. The highest BCUT2D eigenvalue weighted by molar-refractivity contribution is 6.30. The first-order chi connectivity index (χ1) is 16.7. The Balaban J connectivity index is 1.29. The van der Waals surface area contributed by atoms with Crippen molar-refractivity contribution in [2.24, 2.45) is 5.92 Å². The molecule has 2 aliphatic carbocycles. The molecule has 0 radical (unpaired) electrons. The highest BCUT2D eigenvalue weighted by Crippen LogP contribution is 2.48. The molecule has 5 heteroatoms. The SMILES string of the molecule is C[C@H]1C[C@@H](C2=CC3=C(C2)c2cc4c(cc2CC3)-c2ccc(Cl)cc2CO4)N(C(=O)OC(C)(C)C)C1. The number of hydrogen-bond donors (Lipinski definition) is 0. The Kier molecular flexibility index (Phi) is 5.30. The number of carbonyl (C=O) groups is 1. The Morgan fingerprint density at radius 1 is 1.09 bits per heavy atom. The molecule has 1 amide bonds. The maximum Gasteiger partial charge on any atom is 0.410 e. The lowest BCUT2D eigenvalue weighted by Crippen LogP contribution is -2.40. The van der Waals surface area contributed by atoms with Crippen molar-refractivity contribution in [2.45, 2.75) is 71.6 Å². The number of allylic oxidation sites excluding steroid dienone is 3. The molecule has 0 saturated carbocycles. The number of likely N-dealkylation sites (tertiary alicyclic amines) is 1. The van der Waals surface area contributed by atoms with Gasteiger partial charge in [0.1, 0.15) is 18.0 Å². The van der Waals surface area contributed by atoms with Gasteiger partial charge < -0.3 is 14.4 Å². The molecule has 4 aliphatic rings. The van der Waals surface area contributed by atoms with E-state index in [0.29, 0.717) is 12.5 Å². The molecule has 2 aliphatic heterocycles. The van der Waals surface area contributed by atoms with Crippen LogP contribution >= 0.6 is 11.6 Å². The van der Waals surface area contributed by atoms with Crippen LogP contribution in [0, 0.1) is 5.92 Å². The number of hydrogen-bond acceptors (Lipinski definition) is 3. The van der Waals surface area contributed by atoms with Crippen LogP contribution in [0.15, 0.2) is 47.6 Å². The predicted octanol–water partition coefficient (Wildman–Crippen LogP) is 7.57. The van der Waals surface area contributed by atoms with Crippen LogP contribution in [0.25, 0.3) is 16.7 Å². The van der Waals surface area contributed by atoms with E-state index in [4.69, 9.17) is 21.1 Å². The standard InChI is InChI=1S/C30H32ClNO3/c1-17-9-27(32(15-17)29(33)35-30(2,3)4)20-10-18-5-6-19-12-26-23-8-7-22(31)11-21(23)16-34-28(26)14-25(19)24(18)13-20/h7-8,10-12,14,17,27H,5-6,9,13,15-16H2,1-4H3/t17-,27-/m0/s1. The van der Waals surface area contributed by atoms with Crippen LogP contribution < -0.4 is 4.74 Å². The number of benzene rings is 2. The third kappa shape index (κ3) is 4.06. The summed E-state index contributed by atoms with van der Waals surface area (Å²) in [6.45, 7) is 9.32. The highest BCUT2D eigenvalue weighted by Gasteiger charge is 2.40. The van der Waals surface area contributed by atoms with Crippen LogP contribution in [0.4, 0.5) is 4.79 Å². The zero-order valence-electron chi connectivity index (χ0n) is 20.9. The van der Waals surface area contributed by atoms with Gasteiger partial charge in [0.2, 0.25) is 0 Å². The van der Waals surface area contributed by atoms with Crippen LogP contribution in [0.3, 0.4) is 0 Å². The van der Waals surface area contributed by atoms with Gasteiger partial charge in [-0.25, -0.2) is 4.79 Å². The first kappa shape index (κ1) is 22.7. The van der Waals surface area contributed by atoms with E-state index >= 15 is 0 Å². The van der Waals surface area contributed by atoms with Gasteiger partial charge in [0.25, 0.3) is 0 Å². The summed E-state index contributed by atoms with van der Waals surface area (Å²) in [6, 6.07) is 10.8. The predicted molar refractivity (Wildman–Crippen MR) is 140 cm³/mol. The third-order valence-corrected chi connectivity index (χ3v) is 7.86. The summed E-state index contributed by atoms with van der Waals surface area (Å²) >= 11 is 6.22. The Hall–Kier alpha value is -2.72. The van der Waals surface area contributed by atoms with Gasteiger partial charge in [0, 0.05) is 17.1 Å². The minimum atomic E-state index is -0.489. The number of fused-ring (bicyclic) bond motifs is 5. The lowest BCUT2D eigenvalue weighted by Gasteiger charge is -2.29. The second kappa shape index (κ2) is 8.16. The van der Waals surface area contributed by atoms with E-state index in [1.165, 1.54) is 33.4 Å². The quantitative estimate of drug-likeness (QED) is 0.414. The largest absolute Gasteiger partial charge is 0.488 e. The fourth-order valence-corrected chi connectivity index (χ4v) is 6.31. The van der Waals surface area contributed by atoms with Crippen molar-refractivity contribution in [1.82, 2.24) is 4.90 Å². The zero-order valence-corrected chi connectivity index (χ0v) is 21.7. The molecule has 0 unspecified atom stereocenters. The number of nitrogens with zero attached hydrogens (tertiary/aromatic N) is 1. The zero-order chi connectivity index (χ0) is 24.5. The van der Waals surface area contributed by atoms with Gasteiger partial charge >= 0.3 is 6.09 Å². The number of aryl methyl sites for hydroxylation is 1. The maximum atomic E-state index is 13.0. The van der Waals surface area contributed by atoms with Crippen molar-refractivity contribution in [2.75, 3.05) is 6.54 Å². The van der Waals surface area contributed by atoms with Crippen molar-refractivity contribution in [3.63, 3.8) is 0 Å². The summed E-state index contributed by atoms with van der Waals surface area (Å²) in [7, 11) is 0. The van der Waals surface area contributed by atoms with Crippen molar-refractivity contribution in [3.8, 4) is 16.9 Å². The summed E-state index contributed by atoms with van der Waals surface area (Å²) in [5.41, 5.74) is 9.89. The molecule has 0 bridgehead atoms. The molecule has 182 valence electrons. The van der Waals surface area contributed by atoms with E-state index < -0.39 is 5.60 Å². The lowest BCUT2D eigenvalue weighted by atomic mass is 9.83. The maximum absolute atomic E-state index is 13.0. The highest BCUT2D eigenvalue weighted by atomic mass is 35.5. The Labute approximate surface area is 212 Å². The van der Waals surface area contributed by atoms with Gasteiger partial charge in [0.15, 0.2) is 0 Å². The van der Waals surface area contributed by atoms with Crippen LogP contribution in [0.2, 0.25) is 5.02 Å². The van der Waals surface area contributed by atoms with Crippen LogP contribution in [-0.2, 0) is 17.8 Å². The molecule has 0 spiro atoms. The second-order valence-corrected chi connectivity index (χ2v) is 11.9. The molecule has 0 N–H and O–H groups in total. The smallest absolute Gasteiger partial charge is 0.410 e. The monoisotopic (exact) mass is 489 g/mol. The fourth-order valence-electron chi connectivity index (χ4n) is 6.12. The molecule has 2 aromatic rings. The first-order valence-electron chi connectivity index (χ1n) is 12.7. The summed E-state index contributed by atoms with van der Waals surface area (Å²) in [5.74, 6) is 1.41. The van der Waals surface area contributed by atoms with Gasteiger partial charge in [-0.2, -0.15) is 0 Å². The Bertz CT molecular complexity index is 1300. The summed E-state index contributed by atoms with van der Waals surface area (Å²) in [6.07, 6.45) is 6.11. The first-order valence-corrected chi connectivity index (χ1v) is 13.0. The summed E-state index contributed by atoms with van der Waals surface area (Å²) in [5, 5.41) is 0.745. The van der Waals surface area contributed by atoms with Crippen LogP contribution in [-0.4, -0.2) is 29.2 Å². The van der Waals surface area contributed by atoms with Gasteiger partial charge in [0.05, 0.1) is 6.04 Å². The van der Waals surface area contributed by atoms with Crippen molar-refractivity contribution >= 4 is 23.3 Å². The Morgan fingerprint density at radius 2 is 1.91 bits per heavy atom. The molecular weight excluding hydrogens is 458 g/mol. The molecule has 1 saturated heterocycles. The number of rotatable bonds is 1. The molecule has 35 heavy (non-hydrogen) atoms. The fraction of sp³-hybridized carbons (Fsp3) is 0.433. The minimum absolute atomic E-state index is 0.111. The van der Waals surface area contributed by atoms with Crippen molar-refractivity contribution in [3.05, 3.63) is 69.3 Å². The van der Waals surface area contributed by atoms with E-state index in [1.54, 1.807) is 0 Å². The van der Waals surface area contributed by atoms with E-state index in [1.807, 2.05) is 37.8 Å². The topological polar surface area (TPSA) is 38.8 Å². The van der Waals surface area contributed by atoms with Gasteiger partial charge in [-0.1, -0.05) is 30.7 Å². The molecule has 0 aromatic heterocycles. The van der Waals surface area contributed by atoms with Crippen LogP contribution in [0.5, 0.6) is 5.75 Å². The number of amides is 1. The van der Waals surface area contributed by atoms with Gasteiger partial charge in [-0.05, 0) is 116 Å². The van der Waals surface area contributed by atoms with E-state index in [-0.39, 0.29) is 12.1 Å². The molecule has 2 heterocycles. The minimum Gasteiger partial charge on any atom is -0.488 e. The molecule has 6 rings (SSSR count). The molecule has 1 fully saturated rings.